The highest BCUT2D eigenvalue weighted by Crippen LogP contribution is 2.38. The van der Waals surface area contributed by atoms with E-state index in [1.807, 2.05) is 7.05 Å². The Kier molecular flexibility index (Phi) is 7.19. The number of carbonyl (C=O) groups excluding carboxylic acids is 1. The Bertz CT molecular complexity index is 779. The van der Waals surface area contributed by atoms with Gasteiger partial charge in [-0.2, -0.15) is 0 Å². The molecule has 0 aromatic heterocycles. The molecule has 1 aromatic rings. The second-order valence-electron chi connectivity index (χ2n) is 6.57. The third kappa shape index (κ3) is 5.63. The molecule has 1 aliphatic rings. The lowest BCUT2D eigenvalue weighted by molar-refractivity contribution is -0.120. The van der Waals surface area contributed by atoms with Crippen LogP contribution in [0.5, 0.6) is 11.5 Å². The van der Waals surface area contributed by atoms with Crippen molar-refractivity contribution in [1.29, 1.82) is 0 Å². The van der Waals surface area contributed by atoms with Crippen LogP contribution in [-0.4, -0.2) is 72.4 Å². The van der Waals surface area contributed by atoms with E-state index in [2.05, 4.69) is 10.2 Å². The number of methoxy groups -OCH3 is 2. The van der Waals surface area contributed by atoms with Crippen molar-refractivity contribution < 1.29 is 22.7 Å². The number of halogens is 1. The average Bonchev–Trinajstić information content (AvgIpc) is 2.60. The summed E-state index contributed by atoms with van der Waals surface area (Å²) in [7, 11) is 1.11. The van der Waals surface area contributed by atoms with Gasteiger partial charge in [0.2, 0.25) is 15.9 Å². The van der Waals surface area contributed by atoms with Gasteiger partial charge in [-0.15, -0.1) is 0 Å². The Hall–Kier alpha value is -1.71. The normalized spacial score (nSPS) is 16.0. The average molecular weight is 420 g/mol. The number of likely N-dealkylation sites (tertiary alicyclic amines) is 1. The van der Waals surface area contributed by atoms with Gasteiger partial charge in [-0.25, -0.2) is 8.42 Å². The summed E-state index contributed by atoms with van der Waals surface area (Å²) in [5, 5.41) is 3.20. The van der Waals surface area contributed by atoms with Crippen molar-refractivity contribution in [2.45, 2.75) is 18.9 Å². The molecule has 0 radical (unpaired) electrons. The van der Waals surface area contributed by atoms with Crippen molar-refractivity contribution in [3.05, 3.63) is 17.2 Å². The molecule has 0 atom stereocenters. The number of ether oxygens (including phenoxy) is 2. The first-order valence-electron chi connectivity index (χ1n) is 8.52. The molecule has 1 heterocycles. The summed E-state index contributed by atoms with van der Waals surface area (Å²) >= 11 is 6.09. The molecule has 1 saturated heterocycles. The van der Waals surface area contributed by atoms with E-state index < -0.39 is 10.0 Å². The maximum Gasteiger partial charge on any atom is 0.241 e. The van der Waals surface area contributed by atoms with Gasteiger partial charge in [0.1, 0.15) is 18.0 Å². The van der Waals surface area contributed by atoms with Gasteiger partial charge < -0.3 is 19.7 Å². The van der Waals surface area contributed by atoms with Gasteiger partial charge in [0.15, 0.2) is 0 Å². The first-order valence-corrected chi connectivity index (χ1v) is 10.8. The Morgan fingerprint density at radius 1 is 1.26 bits per heavy atom. The SMILES string of the molecule is COc1cc(N(CC(=O)NC2CCN(C)CC2)S(C)(=O)=O)c(OC)cc1Cl. The van der Waals surface area contributed by atoms with Crippen LogP contribution >= 0.6 is 11.6 Å². The number of benzene rings is 1. The maximum atomic E-state index is 12.5. The Balaban J connectivity index is 2.25. The minimum Gasteiger partial charge on any atom is -0.495 e. The number of amides is 1. The zero-order valence-corrected chi connectivity index (χ0v) is 17.6. The molecule has 27 heavy (non-hydrogen) atoms. The predicted octanol–water partition coefficient (Wildman–Crippen LogP) is 1.33. The fourth-order valence-corrected chi connectivity index (χ4v) is 4.06. The molecule has 1 fully saturated rings. The molecule has 0 saturated carbocycles. The second-order valence-corrected chi connectivity index (χ2v) is 8.89. The monoisotopic (exact) mass is 419 g/mol. The summed E-state index contributed by atoms with van der Waals surface area (Å²) in [4.78, 5) is 14.7. The number of piperidine rings is 1. The van der Waals surface area contributed by atoms with Crippen LogP contribution in [0.1, 0.15) is 12.8 Å². The van der Waals surface area contributed by atoms with E-state index in [0.29, 0.717) is 0 Å². The van der Waals surface area contributed by atoms with E-state index in [0.717, 1.165) is 36.5 Å². The van der Waals surface area contributed by atoms with E-state index in [-0.39, 0.29) is 40.7 Å². The topological polar surface area (TPSA) is 88.2 Å². The van der Waals surface area contributed by atoms with Gasteiger partial charge in [0.25, 0.3) is 0 Å². The number of rotatable bonds is 7. The molecule has 0 unspecified atom stereocenters. The maximum absolute atomic E-state index is 12.5. The van der Waals surface area contributed by atoms with Crippen molar-refractivity contribution >= 4 is 33.2 Å². The number of anilines is 1. The lowest BCUT2D eigenvalue weighted by Gasteiger charge is -2.30. The fraction of sp³-hybridized carbons (Fsp3) is 0.588. The third-order valence-corrected chi connectivity index (χ3v) is 5.92. The van der Waals surface area contributed by atoms with Gasteiger partial charge >= 0.3 is 0 Å². The number of sulfonamides is 1. The lowest BCUT2D eigenvalue weighted by Crippen LogP contribution is -2.47. The summed E-state index contributed by atoms with van der Waals surface area (Å²) < 4.78 is 36.2. The largest absolute Gasteiger partial charge is 0.495 e. The van der Waals surface area contributed by atoms with E-state index in [1.54, 1.807) is 0 Å². The molecule has 1 amide bonds. The van der Waals surface area contributed by atoms with Gasteiger partial charge in [-0.3, -0.25) is 9.10 Å². The van der Waals surface area contributed by atoms with E-state index >= 15 is 0 Å². The molecule has 0 spiro atoms. The van der Waals surface area contributed by atoms with Gasteiger partial charge in [-0.1, -0.05) is 11.6 Å². The predicted molar refractivity (Wildman–Crippen MR) is 105 cm³/mol. The number of hydrogen-bond donors (Lipinski definition) is 1. The molecule has 1 aliphatic heterocycles. The highest BCUT2D eigenvalue weighted by molar-refractivity contribution is 7.92. The van der Waals surface area contributed by atoms with Crippen LogP contribution in [0.3, 0.4) is 0 Å². The van der Waals surface area contributed by atoms with Crippen LogP contribution in [0.4, 0.5) is 5.69 Å². The van der Waals surface area contributed by atoms with E-state index in [1.165, 1.54) is 26.4 Å². The van der Waals surface area contributed by atoms with Crippen LogP contribution in [-0.2, 0) is 14.8 Å². The van der Waals surface area contributed by atoms with Crippen molar-refractivity contribution in [3.63, 3.8) is 0 Å². The molecule has 8 nitrogen and oxygen atoms in total. The minimum absolute atomic E-state index is 0.0387. The summed E-state index contributed by atoms with van der Waals surface area (Å²) in [5.74, 6) is 0.154. The van der Waals surface area contributed by atoms with Gasteiger partial charge in [0, 0.05) is 18.2 Å². The van der Waals surface area contributed by atoms with Gasteiger partial charge in [0.05, 0.1) is 31.2 Å². The van der Waals surface area contributed by atoms with Crippen LogP contribution in [0.25, 0.3) is 0 Å². The quantitative estimate of drug-likeness (QED) is 0.717. The Labute approximate surface area is 165 Å². The lowest BCUT2D eigenvalue weighted by atomic mass is 10.1. The molecule has 2 rings (SSSR count). The molecular formula is C17H26ClN3O5S. The van der Waals surface area contributed by atoms with E-state index in [4.69, 9.17) is 21.1 Å². The number of nitrogens with zero attached hydrogens (tertiary/aromatic N) is 2. The molecule has 152 valence electrons. The summed E-state index contributed by atoms with van der Waals surface area (Å²) in [5.41, 5.74) is 0.194. The highest BCUT2D eigenvalue weighted by atomic mass is 35.5. The van der Waals surface area contributed by atoms with Crippen LogP contribution in [0.15, 0.2) is 12.1 Å². The zero-order chi connectivity index (χ0) is 20.2. The highest BCUT2D eigenvalue weighted by Gasteiger charge is 2.27. The molecular weight excluding hydrogens is 394 g/mol. The first kappa shape index (κ1) is 21.6. The molecule has 1 aromatic carbocycles. The first-order chi connectivity index (χ1) is 12.7. The Morgan fingerprint density at radius 3 is 2.37 bits per heavy atom. The van der Waals surface area contributed by atoms with Crippen molar-refractivity contribution in [2.24, 2.45) is 0 Å². The third-order valence-electron chi connectivity index (χ3n) is 4.49. The number of carbonyl (C=O) groups is 1. The van der Waals surface area contributed by atoms with Crippen molar-refractivity contribution in [3.8, 4) is 11.5 Å². The van der Waals surface area contributed by atoms with Gasteiger partial charge in [-0.05, 0) is 33.0 Å². The van der Waals surface area contributed by atoms with Crippen molar-refractivity contribution in [2.75, 3.05) is 51.5 Å². The molecule has 10 heteroatoms. The zero-order valence-electron chi connectivity index (χ0n) is 16.0. The molecule has 0 bridgehead atoms. The minimum atomic E-state index is -3.75. The fourth-order valence-electron chi connectivity index (χ4n) is 2.98. The second kappa shape index (κ2) is 8.99. The summed E-state index contributed by atoms with van der Waals surface area (Å²) in [6, 6.07) is 2.95. The smallest absolute Gasteiger partial charge is 0.241 e. The van der Waals surface area contributed by atoms with Crippen LogP contribution in [0.2, 0.25) is 5.02 Å². The van der Waals surface area contributed by atoms with Crippen molar-refractivity contribution in [1.82, 2.24) is 10.2 Å². The molecule has 0 aliphatic carbocycles. The van der Waals surface area contributed by atoms with Crippen LogP contribution in [0, 0.1) is 0 Å². The number of nitrogens with one attached hydrogen (secondary N) is 1. The van der Waals surface area contributed by atoms with Crippen LogP contribution < -0.4 is 19.1 Å². The summed E-state index contributed by atoms with van der Waals surface area (Å²) in [6.07, 6.45) is 2.70. The Morgan fingerprint density at radius 2 is 1.85 bits per heavy atom. The standard InChI is InChI=1S/C17H26ClN3O5S/c1-20-7-5-12(6-8-20)19-17(22)11-21(27(4,23)24)14-10-15(25-2)13(18)9-16(14)26-3/h9-10,12H,5-8,11H2,1-4H3,(H,19,22). The molecule has 1 N–H and O–H groups in total. The summed E-state index contributed by atoms with van der Waals surface area (Å²) in [6.45, 7) is 1.43. The number of hydrogen-bond acceptors (Lipinski definition) is 6. The van der Waals surface area contributed by atoms with E-state index in [9.17, 15) is 13.2 Å².